The molecule has 19 heavy (non-hydrogen) atoms. The van der Waals surface area contributed by atoms with Crippen LogP contribution in [0.15, 0.2) is 18.2 Å². The highest BCUT2D eigenvalue weighted by molar-refractivity contribution is 5.54. The number of β-amino-alcohol motifs (C(OH)–C–C–N with tert-alkyl or cyclic N) is 1. The van der Waals surface area contributed by atoms with Crippen molar-refractivity contribution in [1.82, 2.24) is 4.90 Å². The highest BCUT2D eigenvalue weighted by atomic mass is 19.1. The van der Waals surface area contributed by atoms with Crippen LogP contribution in [0.1, 0.15) is 12.0 Å². The van der Waals surface area contributed by atoms with Gasteiger partial charge in [0.15, 0.2) is 0 Å². The fourth-order valence-corrected chi connectivity index (χ4v) is 2.58. The number of aliphatic hydroxyl groups excluding tert-OH is 2. The maximum atomic E-state index is 13.7. The van der Waals surface area contributed by atoms with Crippen LogP contribution in [-0.4, -0.2) is 54.4 Å². The number of hydrogen-bond donors (Lipinski definition) is 2. The molecule has 5 heteroatoms. The molecule has 1 heterocycles. The summed E-state index contributed by atoms with van der Waals surface area (Å²) < 4.78 is 13.7. The van der Waals surface area contributed by atoms with Gasteiger partial charge in [0.05, 0.1) is 13.2 Å². The lowest BCUT2D eigenvalue weighted by Gasteiger charge is -2.25. The highest BCUT2D eigenvalue weighted by Gasteiger charge is 2.18. The van der Waals surface area contributed by atoms with E-state index in [1.165, 1.54) is 6.07 Å². The number of aliphatic hydroxyl groups is 2. The zero-order valence-electron chi connectivity index (χ0n) is 11.1. The first kappa shape index (κ1) is 14.2. The number of halogens is 1. The Morgan fingerprint density at radius 3 is 2.68 bits per heavy atom. The lowest BCUT2D eigenvalue weighted by atomic mass is 10.1. The lowest BCUT2D eigenvalue weighted by molar-refractivity contribution is 0.204. The maximum Gasteiger partial charge on any atom is 0.130 e. The zero-order chi connectivity index (χ0) is 13.7. The van der Waals surface area contributed by atoms with Crippen LogP contribution in [0.2, 0.25) is 0 Å². The number of anilines is 1. The Morgan fingerprint density at radius 1 is 1.11 bits per heavy atom. The van der Waals surface area contributed by atoms with E-state index in [0.29, 0.717) is 12.1 Å². The molecule has 0 bridgehead atoms. The minimum absolute atomic E-state index is 0.169. The Bertz CT molecular complexity index is 414. The summed E-state index contributed by atoms with van der Waals surface area (Å²) in [5.74, 6) is -0.350. The molecule has 0 unspecified atom stereocenters. The fraction of sp³-hybridized carbons (Fsp3) is 0.571. The molecule has 0 spiro atoms. The molecule has 0 atom stereocenters. The van der Waals surface area contributed by atoms with E-state index in [-0.39, 0.29) is 19.0 Å². The van der Waals surface area contributed by atoms with E-state index in [1.807, 2.05) is 6.07 Å². The molecule has 106 valence electrons. The average Bonchev–Trinajstić information content (AvgIpc) is 2.64. The molecule has 1 aromatic rings. The van der Waals surface area contributed by atoms with Gasteiger partial charge in [-0.15, -0.1) is 0 Å². The van der Waals surface area contributed by atoms with E-state index in [0.717, 1.165) is 38.3 Å². The lowest BCUT2D eigenvalue weighted by Crippen LogP contribution is -2.32. The minimum Gasteiger partial charge on any atom is -0.395 e. The van der Waals surface area contributed by atoms with Crippen LogP contribution in [0.25, 0.3) is 0 Å². The molecule has 0 radical (unpaired) electrons. The normalized spacial score (nSPS) is 17.5. The van der Waals surface area contributed by atoms with Crippen molar-refractivity contribution in [2.45, 2.75) is 13.0 Å². The second-order valence-corrected chi connectivity index (χ2v) is 4.80. The molecule has 0 amide bonds. The van der Waals surface area contributed by atoms with E-state index in [1.54, 1.807) is 6.07 Å². The number of benzene rings is 1. The molecule has 1 aliphatic heterocycles. The Labute approximate surface area is 113 Å². The van der Waals surface area contributed by atoms with Gasteiger partial charge in [-0.3, -0.25) is 4.90 Å². The Hall–Kier alpha value is -1.17. The Balaban J connectivity index is 2.12. The number of rotatable bonds is 4. The van der Waals surface area contributed by atoms with Crippen LogP contribution in [-0.2, 0) is 6.61 Å². The van der Waals surface area contributed by atoms with Gasteiger partial charge in [-0.1, -0.05) is 6.07 Å². The molecule has 2 N–H and O–H groups in total. The predicted octanol–water partition coefficient (Wildman–Crippen LogP) is 0.822. The van der Waals surface area contributed by atoms with Crippen LogP contribution in [0.4, 0.5) is 10.1 Å². The first-order chi connectivity index (χ1) is 9.26. The average molecular weight is 268 g/mol. The maximum absolute atomic E-state index is 13.7. The molecular weight excluding hydrogens is 247 g/mol. The summed E-state index contributed by atoms with van der Waals surface area (Å²) in [5, 5.41) is 18.3. The van der Waals surface area contributed by atoms with Gasteiger partial charge in [-0.2, -0.15) is 0 Å². The van der Waals surface area contributed by atoms with E-state index < -0.39 is 0 Å². The SMILES string of the molecule is OCCN1CCCN(c2cccc(F)c2CO)CC1. The Morgan fingerprint density at radius 2 is 1.95 bits per heavy atom. The summed E-state index contributed by atoms with van der Waals surface area (Å²) in [7, 11) is 0. The molecule has 1 saturated heterocycles. The van der Waals surface area contributed by atoms with Crippen molar-refractivity contribution < 1.29 is 14.6 Å². The largest absolute Gasteiger partial charge is 0.395 e. The van der Waals surface area contributed by atoms with Gasteiger partial charge in [0.25, 0.3) is 0 Å². The van der Waals surface area contributed by atoms with Crippen molar-refractivity contribution in [3.63, 3.8) is 0 Å². The Kier molecular flexibility index (Phi) is 5.13. The fourth-order valence-electron chi connectivity index (χ4n) is 2.58. The van der Waals surface area contributed by atoms with Crippen molar-refractivity contribution in [3.05, 3.63) is 29.6 Å². The van der Waals surface area contributed by atoms with Crippen molar-refractivity contribution in [1.29, 1.82) is 0 Å². The summed E-state index contributed by atoms with van der Waals surface area (Å²) in [6.07, 6.45) is 0.974. The van der Waals surface area contributed by atoms with Gasteiger partial charge in [0.1, 0.15) is 5.82 Å². The third-order valence-electron chi connectivity index (χ3n) is 3.60. The summed E-state index contributed by atoms with van der Waals surface area (Å²) in [5.41, 5.74) is 1.16. The topological polar surface area (TPSA) is 46.9 Å². The molecule has 2 rings (SSSR count). The van der Waals surface area contributed by atoms with Gasteiger partial charge in [-0.25, -0.2) is 4.39 Å². The molecule has 1 aliphatic rings. The first-order valence-electron chi connectivity index (χ1n) is 6.72. The predicted molar refractivity (Wildman–Crippen MR) is 72.7 cm³/mol. The van der Waals surface area contributed by atoms with Gasteiger partial charge in [0, 0.05) is 37.4 Å². The highest BCUT2D eigenvalue weighted by Crippen LogP contribution is 2.24. The first-order valence-corrected chi connectivity index (χ1v) is 6.72. The van der Waals surface area contributed by atoms with Crippen LogP contribution in [0, 0.1) is 5.82 Å². The molecule has 0 saturated carbocycles. The quantitative estimate of drug-likeness (QED) is 0.849. The van der Waals surface area contributed by atoms with Crippen molar-refractivity contribution in [3.8, 4) is 0 Å². The number of hydrogen-bond acceptors (Lipinski definition) is 4. The summed E-state index contributed by atoms with van der Waals surface area (Å²) in [6, 6.07) is 4.92. The van der Waals surface area contributed by atoms with E-state index >= 15 is 0 Å². The van der Waals surface area contributed by atoms with Crippen molar-refractivity contribution in [2.75, 3.05) is 44.2 Å². The van der Waals surface area contributed by atoms with E-state index in [2.05, 4.69) is 9.80 Å². The van der Waals surface area contributed by atoms with Gasteiger partial charge in [-0.05, 0) is 25.1 Å². The standard InChI is InChI=1S/C14H21FN2O2/c15-13-3-1-4-14(12(13)11-19)17-6-2-5-16(7-8-17)9-10-18/h1,3-4,18-19H,2,5-11H2. The van der Waals surface area contributed by atoms with E-state index in [9.17, 15) is 9.50 Å². The van der Waals surface area contributed by atoms with Crippen molar-refractivity contribution in [2.24, 2.45) is 0 Å². The molecule has 0 aliphatic carbocycles. The van der Waals surface area contributed by atoms with E-state index in [4.69, 9.17) is 5.11 Å². The van der Waals surface area contributed by atoms with Crippen LogP contribution in [0.5, 0.6) is 0 Å². The zero-order valence-corrected chi connectivity index (χ0v) is 11.1. The van der Waals surface area contributed by atoms with Crippen LogP contribution >= 0.6 is 0 Å². The van der Waals surface area contributed by atoms with Gasteiger partial charge in [0.2, 0.25) is 0 Å². The molecule has 4 nitrogen and oxygen atoms in total. The number of nitrogens with zero attached hydrogens (tertiary/aromatic N) is 2. The van der Waals surface area contributed by atoms with Gasteiger partial charge < -0.3 is 15.1 Å². The molecule has 0 aromatic heterocycles. The van der Waals surface area contributed by atoms with Gasteiger partial charge >= 0.3 is 0 Å². The molecular formula is C14H21FN2O2. The third kappa shape index (κ3) is 3.43. The second kappa shape index (κ2) is 6.84. The summed E-state index contributed by atoms with van der Waals surface area (Å²) in [4.78, 5) is 4.32. The third-order valence-corrected chi connectivity index (χ3v) is 3.60. The smallest absolute Gasteiger partial charge is 0.130 e. The van der Waals surface area contributed by atoms with Crippen LogP contribution in [0.3, 0.4) is 0 Å². The minimum atomic E-state index is -0.350. The second-order valence-electron chi connectivity index (χ2n) is 4.80. The van der Waals surface area contributed by atoms with Crippen LogP contribution < -0.4 is 4.90 Å². The summed E-state index contributed by atoms with van der Waals surface area (Å²) in [6.45, 7) is 4.00. The summed E-state index contributed by atoms with van der Waals surface area (Å²) >= 11 is 0. The van der Waals surface area contributed by atoms with Crippen molar-refractivity contribution >= 4 is 5.69 Å². The molecule has 1 fully saturated rings. The molecule has 1 aromatic carbocycles. The monoisotopic (exact) mass is 268 g/mol.